The summed E-state index contributed by atoms with van der Waals surface area (Å²) >= 11 is 0. The van der Waals surface area contributed by atoms with Gasteiger partial charge in [0.1, 0.15) is 0 Å². The maximum Gasteiger partial charge on any atom is 0.416 e. The van der Waals surface area contributed by atoms with Crippen molar-refractivity contribution in [2.75, 3.05) is 13.1 Å². The molecular weight excluding hydrogens is 325 g/mol. The van der Waals surface area contributed by atoms with Crippen LogP contribution in [0.25, 0.3) is 0 Å². The summed E-state index contributed by atoms with van der Waals surface area (Å²) in [7, 11) is 0. The summed E-state index contributed by atoms with van der Waals surface area (Å²) < 4.78 is 38.4. The monoisotopic (exact) mass is 348 g/mol. The van der Waals surface area contributed by atoms with E-state index in [9.17, 15) is 13.2 Å². The van der Waals surface area contributed by atoms with Crippen LogP contribution >= 0.6 is 0 Å². The molecule has 1 aromatic heterocycles. The van der Waals surface area contributed by atoms with Gasteiger partial charge in [0.15, 0.2) is 0 Å². The third kappa shape index (κ3) is 5.30. The molecule has 0 saturated carbocycles. The quantitative estimate of drug-likeness (QED) is 0.760. The average molecular weight is 348 g/mol. The van der Waals surface area contributed by atoms with Crippen molar-refractivity contribution in [2.24, 2.45) is 5.92 Å². The predicted molar refractivity (Wildman–Crippen MR) is 92.0 cm³/mol. The zero-order valence-electron chi connectivity index (χ0n) is 14.2. The van der Waals surface area contributed by atoms with Crippen LogP contribution in [0.1, 0.15) is 36.0 Å². The molecule has 1 aliphatic heterocycles. The van der Waals surface area contributed by atoms with E-state index in [2.05, 4.69) is 9.88 Å². The number of halogens is 3. The van der Waals surface area contributed by atoms with E-state index < -0.39 is 11.7 Å². The number of piperidine rings is 1. The zero-order valence-corrected chi connectivity index (χ0v) is 14.2. The third-order valence-corrected chi connectivity index (χ3v) is 4.85. The van der Waals surface area contributed by atoms with Crippen molar-refractivity contribution < 1.29 is 13.2 Å². The number of alkyl halides is 3. The second-order valence-electron chi connectivity index (χ2n) is 6.84. The molecule has 1 fully saturated rings. The Morgan fingerprint density at radius 3 is 2.64 bits per heavy atom. The van der Waals surface area contributed by atoms with Crippen molar-refractivity contribution in [1.82, 2.24) is 9.88 Å². The molecule has 0 radical (unpaired) electrons. The Morgan fingerprint density at radius 1 is 1.08 bits per heavy atom. The van der Waals surface area contributed by atoms with Gasteiger partial charge in [0, 0.05) is 25.5 Å². The highest BCUT2D eigenvalue weighted by Crippen LogP contribution is 2.30. The molecule has 2 heterocycles. The van der Waals surface area contributed by atoms with E-state index in [1.807, 2.05) is 24.5 Å². The number of hydrogen-bond acceptors (Lipinski definition) is 2. The van der Waals surface area contributed by atoms with Crippen molar-refractivity contribution in [2.45, 2.75) is 38.4 Å². The molecule has 0 spiro atoms. The number of rotatable bonds is 5. The Hall–Kier alpha value is -1.88. The van der Waals surface area contributed by atoms with Gasteiger partial charge in [-0.1, -0.05) is 18.2 Å². The first-order chi connectivity index (χ1) is 12.0. The Labute approximate surface area is 146 Å². The summed E-state index contributed by atoms with van der Waals surface area (Å²) in [5.74, 6) is 0.546. The van der Waals surface area contributed by atoms with Gasteiger partial charge in [0.05, 0.1) is 5.56 Å². The van der Waals surface area contributed by atoms with Gasteiger partial charge in [-0.3, -0.25) is 9.88 Å². The van der Waals surface area contributed by atoms with Crippen LogP contribution in [0.3, 0.4) is 0 Å². The van der Waals surface area contributed by atoms with Crippen LogP contribution in [-0.2, 0) is 19.1 Å². The fraction of sp³-hybridized carbons (Fsp3) is 0.450. The summed E-state index contributed by atoms with van der Waals surface area (Å²) in [5, 5.41) is 0. The van der Waals surface area contributed by atoms with Gasteiger partial charge in [-0.15, -0.1) is 0 Å². The SMILES string of the molecule is FC(F)(F)c1cccc(CCC2CCCN(Cc3ccncc3)C2)c1. The topological polar surface area (TPSA) is 16.1 Å². The maximum absolute atomic E-state index is 12.8. The van der Waals surface area contributed by atoms with Crippen LogP contribution in [0, 0.1) is 5.92 Å². The molecule has 134 valence electrons. The summed E-state index contributed by atoms with van der Waals surface area (Å²) in [6.45, 7) is 3.02. The first-order valence-corrected chi connectivity index (χ1v) is 8.78. The number of aromatic nitrogens is 1. The van der Waals surface area contributed by atoms with Crippen molar-refractivity contribution in [3.8, 4) is 0 Å². The summed E-state index contributed by atoms with van der Waals surface area (Å²) in [5.41, 5.74) is 1.49. The van der Waals surface area contributed by atoms with Gasteiger partial charge < -0.3 is 0 Å². The number of benzene rings is 1. The van der Waals surface area contributed by atoms with Crippen LogP contribution < -0.4 is 0 Å². The molecule has 5 heteroatoms. The van der Waals surface area contributed by atoms with E-state index >= 15 is 0 Å². The van der Waals surface area contributed by atoms with Crippen LogP contribution in [0.4, 0.5) is 13.2 Å². The van der Waals surface area contributed by atoms with Crippen LogP contribution in [0.2, 0.25) is 0 Å². The molecule has 25 heavy (non-hydrogen) atoms. The van der Waals surface area contributed by atoms with E-state index in [1.165, 1.54) is 17.7 Å². The lowest BCUT2D eigenvalue weighted by molar-refractivity contribution is -0.137. The standard InChI is InChI=1S/C20H23F3N2/c21-20(22,23)19-5-1-3-16(13-19)6-7-17-4-2-12-25(14-17)15-18-8-10-24-11-9-18/h1,3,5,8-11,13,17H,2,4,6-7,12,14-15H2. The van der Waals surface area contributed by atoms with Crippen LogP contribution in [0.15, 0.2) is 48.8 Å². The Kier molecular flexibility index (Phi) is 5.74. The van der Waals surface area contributed by atoms with Gasteiger partial charge in [-0.2, -0.15) is 13.2 Å². The fourth-order valence-corrected chi connectivity index (χ4v) is 3.55. The van der Waals surface area contributed by atoms with E-state index in [-0.39, 0.29) is 0 Å². The molecule has 1 atom stereocenters. The van der Waals surface area contributed by atoms with E-state index in [0.29, 0.717) is 12.3 Å². The van der Waals surface area contributed by atoms with Gasteiger partial charge in [0.2, 0.25) is 0 Å². The first kappa shape index (κ1) is 17.9. The van der Waals surface area contributed by atoms with Crippen molar-refractivity contribution in [3.63, 3.8) is 0 Å². The minimum atomic E-state index is -4.26. The highest BCUT2D eigenvalue weighted by atomic mass is 19.4. The smallest absolute Gasteiger partial charge is 0.299 e. The average Bonchev–Trinajstić information content (AvgIpc) is 2.61. The second-order valence-corrected chi connectivity index (χ2v) is 6.84. The van der Waals surface area contributed by atoms with Crippen molar-refractivity contribution >= 4 is 0 Å². The second kappa shape index (κ2) is 8.00. The van der Waals surface area contributed by atoms with Gasteiger partial charge in [-0.25, -0.2) is 0 Å². The van der Waals surface area contributed by atoms with Crippen LogP contribution in [0.5, 0.6) is 0 Å². The lowest BCUT2D eigenvalue weighted by Crippen LogP contribution is -2.35. The number of likely N-dealkylation sites (tertiary alicyclic amines) is 1. The molecule has 1 aliphatic rings. The third-order valence-electron chi connectivity index (χ3n) is 4.85. The Morgan fingerprint density at radius 2 is 1.88 bits per heavy atom. The number of hydrogen-bond donors (Lipinski definition) is 0. The van der Waals surface area contributed by atoms with Gasteiger partial charge in [0.25, 0.3) is 0 Å². The number of aryl methyl sites for hydroxylation is 1. The molecule has 1 unspecified atom stereocenters. The molecule has 0 amide bonds. The zero-order chi connectivity index (χ0) is 17.7. The molecule has 0 bridgehead atoms. The molecule has 1 saturated heterocycles. The summed E-state index contributed by atoms with van der Waals surface area (Å²) in [6.07, 6.45) is 3.31. The molecule has 3 rings (SSSR count). The molecule has 2 nitrogen and oxygen atoms in total. The maximum atomic E-state index is 12.8. The lowest BCUT2D eigenvalue weighted by atomic mass is 9.91. The lowest BCUT2D eigenvalue weighted by Gasteiger charge is -2.32. The number of nitrogens with zero attached hydrogens (tertiary/aromatic N) is 2. The van der Waals surface area contributed by atoms with E-state index in [4.69, 9.17) is 0 Å². The normalized spacial score (nSPS) is 19.1. The predicted octanol–water partition coefficient (Wildman–Crippen LogP) is 4.95. The highest BCUT2D eigenvalue weighted by Gasteiger charge is 2.30. The molecule has 0 aliphatic carbocycles. The largest absolute Gasteiger partial charge is 0.416 e. The highest BCUT2D eigenvalue weighted by molar-refractivity contribution is 5.25. The van der Waals surface area contributed by atoms with Crippen molar-refractivity contribution in [1.29, 1.82) is 0 Å². The molecule has 2 aromatic rings. The Bertz CT molecular complexity index is 670. The molecule has 1 aromatic carbocycles. The minimum absolute atomic E-state index is 0.546. The number of pyridine rings is 1. The molecule has 0 N–H and O–H groups in total. The van der Waals surface area contributed by atoms with Crippen LogP contribution in [-0.4, -0.2) is 23.0 Å². The fourth-order valence-electron chi connectivity index (χ4n) is 3.55. The van der Waals surface area contributed by atoms with E-state index in [0.717, 1.165) is 50.5 Å². The Balaban J connectivity index is 1.53. The summed E-state index contributed by atoms with van der Waals surface area (Å²) in [4.78, 5) is 6.48. The van der Waals surface area contributed by atoms with Crippen molar-refractivity contribution in [3.05, 3.63) is 65.5 Å². The summed E-state index contributed by atoms with van der Waals surface area (Å²) in [6, 6.07) is 9.80. The van der Waals surface area contributed by atoms with Gasteiger partial charge >= 0.3 is 6.18 Å². The molecular formula is C20H23F3N2. The first-order valence-electron chi connectivity index (χ1n) is 8.78. The van der Waals surface area contributed by atoms with E-state index in [1.54, 1.807) is 6.07 Å². The minimum Gasteiger partial charge on any atom is -0.299 e. The van der Waals surface area contributed by atoms with Gasteiger partial charge in [-0.05, 0) is 67.5 Å².